The molecule has 5 heteroatoms. The minimum atomic E-state index is -0.447. The van der Waals surface area contributed by atoms with E-state index in [0.29, 0.717) is 22.6 Å². The van der Waals surface area contributed by atoms with Gasteiger partial charge in [0.1, 0.15) is 12.2 Å². The maximum absolute atomic E-state index is 13.7. The first kappa shape index (κ1) is 23.3. The summed E-state index contributed by atoms with van der Waals surface area (Å²) in [5, 5.41) is 1.60. The van der Waals surface area contributed by atoms with Gasteiger partial charge in [-0.15, -0.1) is 0 Å². The van der Waals surface area contributed by atoms with E-state index in [9.17, 15) is 9.59 Å². The summed E-state index contributed by atoms with van der Waals surface area (Å²) in [4.78, 5) is 30.8. The number of para-hydroxylation sites is 1. The molecule has 0 N–H and O–H groups in total. The lowest BCUT2D eigenvalue weighted by Crippen LogP contribution is -2.29. The molecule has 2 heterocycles. The normalized spacial score (nSPS) is 15.9. The molecule has 2 aromatic carbocycles. The van der Waals surface area contributed by atoms with E-state index in [-0.39, 0.29) is 18.0 Å². The molecule has 2 aromatic heterocycles. The standard InChI is InChI=1S/C30H31NO4/c1-17-10-12-21-19(14-26(32)35-28(21)18(17)2)16-34-29(33)27-22-8-6-7-9-24(22)31-25-13-11-20(15-23(25)27)30(3,4)5/h6-10,12,14,20H,11,13,15-16H2,1-5H3. The van der Waals surface area contributed by atoms with Crippen molar-refractivity contribution in [3.63, 3.8) is 0 Å². The van der Waals surface area contributed by atoms with Crippen LogP contribution in [0.15, 0.2) is 51.7 Å². The third-order valence-corrected chi connectivity index (χ3v) is 7.56. The Bertz CT molecular complexity index is 1520. The number of fused-ring (bicyclic) bond motifs is 3. The van der Waals surface area contributed by atoms with Gasteiger partial charge in [0.15, 0.2) is 0 Å². The van der Waals surface area contributed by atoms with Crippen LogP contribution in [-0.4, -0.2) is 11.0 Å². The highest BCUT2D eigenvalue weighted by molar-refractivity contribution is 6.05. The molecule has 35 heavy (non-hydrogen) atoms. The number of pyridine rings is 1. The van der Waals surface area contributed by atoms with Gasteiger partial charge in [0.25, 0.3) is 0 Å². The van der Waals surface area contributed by atoms with Crippen LogP contribution < -0.4 is 5.63 Å². The van der Waals surface area contributed by atoms with Crippen molar-refractivity contribution in [2.24, 2.45) is 11.3 Å². The molecular formula is C30H31NO4. The van der Waals surface area contributed by atoms with Crippen molar-refractivity contribution in [3.8, 4) is 0 Å². The zero-order valence-corrected chi connectivity index (χ0v) is 21.0. The summed E-state index contributed by atoms with van der Waals surface area (Å²) >= 11 is 0. The summed E-state index contributed by atoms with van der Waals surface area (Å²) in [6.45, 7) is 10.7. The van der Waals surface area contributed by atoms with Crippen molar-refractivity contribution < 1.29 is 13.9 Å². The fourth-order valence-corrected chi connectivity index (χ4v) is 5.22. The Labute approximate surface area is 205 Å². The second-order valence-electron chi connectivity index (χ2n) is 10.8. The third kappa shape index (κ3) is 4.24. The van der Waals surface area contributed by atoms with Crippen LogP contribution >= 0.6 is 0 Å². The van der Waals surface area contributed by atoms with Gasteiger partial charge in [0, 0.05) is 28.1 Å². The van der Waals surface area contributed by atoms with E-state index < -0.39 is 5.63 Å². The molecule has 0 bridgehead atoms. The summed E-state index contributed by atoms with van der Waals surface area (Å²) in [5.41, 5.74) is 6.25. The van der Waals surface area contributed by atoms with Gasteiger partial charge in [-0.2, -0.15) is 0 Å². The van der Waals surface area contributed by atoms with E-state index in [4.69, 9.17) is 14.1 Å². The first-order valence-electron chi connectivity index (χ1n) is 12.2. The lowest BCUT2D eigenvalue weighted by molar-refractivity contribution is 0.0473. The van der Waals surface area contributed by atoms with Gasteiger partial charge in [-0.25, -0.2) is 9.59 Å². The zero-order chi connectivity index (χ0) is 24.9. The number of carbonyl (C=O) groups excluding carboxylic acids is 1. The number of esters is 1. The fourth-order valence-electron chi connectivity index (χ4n) is 5.22. The summed E-state index contributed by atoms with van der Waals surface area (Å²) in [6, 6.07) is 13.1. The Morgan fingerprint density at radius 2 is 1.89 bits per heavy atom. The van der Waals surface area contributed by atoms with Gasteiger partial charge >= 0.3 is 11.6 Å². The van der Waals surface area contributed by atoms with E-state index in [1.165, 1.54) is 6.07 Å². The van der Waals surface area contributed by atoms with Crippen molar-refractivity contribution in [1.82, 2.24) is 4.98 Å². The molecule has 1 atom stereocenters. The molecular weight excluding hydrogens is 438 g/mol. The number of hydrogen-bond donors (Lipinski definition) is 0. The predicted octanol–water partition coefficient (Wildman–Crippen LogP) is 6.47. The minimum Gasteiger partial charge on any atom is -0.457 e. The van der Waals surface area contributed by atoms with Crippen LogP contribution in [0.5, 0.6) is 0 Å². The molecule has 0 fully saturated rings. The quantitative estimate of drug-likeness (QED) is 0.254. The fraction of sp³-hybridized carbons (Fsp3) is 0.367. The van der Waals surface area contributed by atoms with Gasteiger partial charge < -0.3 is 9.15 Å². The van der Waals surface area contributed by atoms with Crippen LogP contribution in [0, 0.1) is 25.2 Å². The smallest absolute Gasteiger partial charge is 0.339 e. The monoisotopic (exact) mass is 469 g/mol. The van der Waals surface area contributed by atoms with E-state index in [0.717, 1.165) is 57.9 Å². The predicted molar refractivity (Wildman–Crippen MR) is 138 cm³/mol. The van der Waals surface area contributed by atoms with Crippen molar-refractivity contribution in [2.45, 2.75) is 60.5 Å². The SMILES string of the molecule is Cc1ccc2c(COC(=O)c3c4c(nc5ccccc35)CCC(C(C)(C)C)C4)cc(=O)oc2c1C. The van der Waals surface area contributed by atoms with Crippen molar-refractivity contribution >= 4 is 27.8 Å². The molecule has 0 spiro atoms. The number of ether oxygens (including phenoxy) is 1. The molecule has 0 amide bonds. The molecule has 180 valence electrons. The largest absolute Gasteiger partial charge is 0.457 e. The van der Waals surface area contributed by atoms with Gasteiger partial charge in [-0.05, 0) is 67.2 Å². The van der Waals surface area contributed by atoms with Crippen LogP contribution in [0.1, 0.15) is 65.5 Å². The van der Waals surface area contributed by atoms with Crippen molar-refractivity contribution in [2.75, 3.05) is 0 Å². The average molecular weight is 470 g/mol. The number of aryl methyl sites for hydroxylation is 3. The Kier molecular flexibility index (Phi) is 5.74. The number of rotatable bonds is 3. The first-order chi connectivity index (χ1) is 16.6. The highest BCUT2D eigenvalue weighted by atomic mass is 16.5. The second-order valence-corrected chi connectivity index (χ2v) is 10.8. The topological polar surface area (TPSA) is 69.4 Å². The lowest BCUT2D eigenvalue weighted by Gasteiger charge is -2.35. The van der Waals surface area contributed by atoms with Gasteiger partial charge in [0.05, 0.1) is 11.1 Å². The zero-order valence-electron chi connectivity index (χ0n) is 21.0. The average Bonchev–Trinajstić information content (AvgIpc) is 2.82. The number of benzene rings is 2. The number of nitrogens with zero attached hydrogens (tertiary/aromatic N) is 1. The second kappa shape index (κ2) is 8.63. The van der Waals surface area contributed by atoms with Crippen molar-refractivity contribution in [1.29, 1.82) is 0 Å². The minimum absolute atomic E-state index is 0.00242. The third-order valence-electron chi connectivity index (χ3n) is 7.56. The summed E-state index contributed by atoms with van der Waals surface area (Å²) < 4.78 is 11.4. The molecule has 0 saturated carbocycles. The van der Waals surface area contributed by atoms with E-state index in [1.807, 2.05) is 50.2 Å². The summed E-state index contributed by atoms with van der Waals surface area (Å²) in [5.74, 6) is 0.0815. The van der Waals surface area contributed by atoms with Crippen LogP contribution in [0.4, 0.5) is 0 Å². The van der Waals surface area contributed by atoms with Crippen LogP contribution in [-0.2, 0) is 24.2 Å². The van der Waals surface area contributed by atoms with Crippen LogP contribution in [0.3, 0.4) is 0 Å². The first-order valence-corrected chi connectivity index (χ1v) is 12.2. The maximum atomic E-state index is 13.7. The summed E-state index contributed by atoms with van der Waals surface area (Å²) in [7, 11) is 0. The van der Waals surface area contributed by atoms with Gasteiger partial charge in [-0.3, -0.25) is 4.98 Å². The van der Waals surface area contributed by atoms with E-state index in [1.54, 1.807) is 0 Å². The van der Waals surface area contributed by atoms with Gasteiger partial charge in [-0.1, -0.05) is 51.1 Å². The molecule has 1 aliphatic rings. The molecule has 4 aromatic rings. The number of hydrogen-bond acceptors (Lipinski definition) is 5. The summed E-state index contributed by atoms with van der Waals surface area (Å²) in [6.07, 6.45) is 2.71. The Morgan fingerprint density at radius 3 is 2.66 bits per heavy atom. The highest BCUT2D eigenvalue weighted by Gasteiger charge is 2.33. The molecule has 1 aliphatic carbocycles. The number of carbonyl (C=O) groups is 1. The molecule has 0 radical (unpaired) electrons. The van der Waals surface area contributed by atoms with E-state index in [2.05, 4.69) is 20.8 Å². The van der Waals surface area contributed by atoms with Gasteiger partial charge in [0.2, 0.25) is 0 Å². The number of aromatic nitrogens is 1. The maximum Gasteiger partial charge on any atom is 0.339 e. The molecule has 0 saturated heterocycles. The lowest BCUT2D eigenvalue weighted by atomic mass is 9.70. The van der Waals surface area contributed by atoms with Crippen LogP contribution in [0.25, 0.3) is 21.9 Å². The van der Waals surface area contributed by atoms with E-state index >= 15 is 0 Å². The molecule has 5 nitrogen and oxygen atoms in total. The Morgan fingerprint density at radius 1 is 1.11 bits per heavy atom. The molecule has 0 aliphatic heterocycles. The Balaban J connectivity index is 1.55. The van der Waals surface area contributed by atoms with Crippen molar-refractivity contribution in [3.05, 3.63) is 86.4 Å². The Hall–Kier alpha value is -3.47. The highest BCUT2D eigenvalue weighted by Crippen LogP contribution is 2.39. The molecule has 5 rings (SSSR count). The molecule has 1 unspecified atom stereocenters. The van der Waals surface area contributed by atoms with Crippen LogP contribution in [0.2, 0.25) is 0 Å².